The lowest BCUT2D eigenvalue weighted by atomic mass is 9.70. The molecule has 4 aromatic heterocycles. The Labute approximate surface area is 221 Å². The fraction of sp³-hybridized carbons (Fsp3) is 0.385. The standard InChI is InChI=1S/C26H24F3N9O/c27-26(28,29)21-3-1-2-20(35-21)24(39)37-10-8-36(9-11-37)18-12-25(13-18,5-6-30)38-15-17(14-34-38)22-19-4-7-31-23(19)33-16-32-22/h1-4,7,14-16,18H,5,8-13H2,(H,31,32,33)/t18-,25-. The zero-order chi connectivity index (χ0) is 27.2. The minimum atomic E-state index is -4.60. The second-order valence-corrected chi connectivity index (χ2v) is 9.99. The minimum absolute atomic E-state index is 0.204. The number of carbonyl (C=O) groups is 1. The van der Waals surface area contributed by atoms with Crippen molar-refractivity contribution in [2.45, 2.75) is 37.0 Å². The van der Waals surface area contributed by atoms with Crippen molar-refractivity contribution in [2.75, 3.05) is 26.2 Å². The summed E-state index contributed by atoms with van der Waals surface area (Å²) in [4.78, 5) is 31.9. The van der Waals surface area contributed by atoms with E-state index in [-0.39, 0.29) is 11.7 Å². The van der Waals surface area contributed by atoms with Gasteiger partial charge in [-0.3, -0.25) is 14.4 Å². The number of H-pyrrole nitrogens is 1. The van der Waals surface area contributed by atoms with Crippen molar-refractivity contribution < 1.29 is 18.0 Å². The van der Waals surface area contributed by atoms with E-state index in [0.29, 0.717) is 32.6 Å². The van der Waals surface area contributed by atoms with Crippen LogP contribution in [-0.4, -0.2) is 77.6 Å². The molecule has 2 fully saturated rings. The number of hydrogen-bond acceptors (Lipinski definition) is 7. The van der Waals surface area contributed by atoms with Crippen LogP contribution in [0.25, 0.3) is 22.3 Å². The molecule has 10 nitrogen and oxygen atoms in total. The number of fused-ring (bicyclic) bond motifs is 1. The average Bonchev–Trinajstić information content (AvgIpc) is 3.60. The van der Waals surface area contributed by atoms with E-state index in [9.17, 15) is 23.2 Å². The third kappa shape index (κ3) is 4.50. The van der Waals surface area contributed by atoms with Crippen LogP contribution in [0.15, 0.2) is 49.2 Å². The van der Waals surface area contributed by atoms with Gasteiger partial charge in [-0.05, 0) is 31.0 Å². The molecule has 1 amide bonds. The Bertz CT molecular complexity index is 1560. The second kappa shape index (κ2) is 9.46. The van der Waals surface area contributed by atoms with Crippen molar-refractivity contribution >= 4 is 16.9 Å². The van der Waals surface area contributed by atoms with Crippen LogP contribution < -0.4 is 0 Å². The van der Waals surface area contributed by atoms with Gasteiger partial charge in [0.25, 0.3) is 5.91 Å². The summed E-state index contributed by atoms with van der Waals surface area (Å²) in [6.45, 7) is 1.97. The summed E-state index contributed by atoms with van der Waals surface area (Å²) in [5.74, 6) is -0.501. The zero-order valence-electron chi connectivity index (χ0n) is 20.8. The molecule has 0 radical (unpaired) electrons. The molecule has 1 aliphatic carbocycles. The van der Waals surface area contributed by atoms with Crippen molar-refractivity contribution in [1.29, 1.82) is 5.26 Å². The third-order valence-corrected chi connectivity index (χ3v) is 7.71. The number of aromatic amines is 1. The molecule has 0 atom stereocenters. The molecule has 1 aliphatic heterocycles. The molecule has 1 N–H and O–H groups in total. The number of halogens is 3. The van der Waals surface area contributed by atoms with Crippen LogP contribution in [0.2, 0.25) is 0 Å². The summed E-state index contributed by atoms with van der Waals surface area (Å²) in [5, 5.41) is 15.1. The molecule has 5 heterocycles. The highest BCUT2D eigenvalue weighted by Gasteiger charge is 2.49. The Balaban J connectivity index is 1.11. The zero-order valence-corrected chi connectivity index (χ0v) is 20.8. The first-order valence-corrected chi connectivity index (χ1v) is 12.6. The lowest BCUT2D eigenvalue weighted by Gasteiger charge is -2.52. The molecule has 4 aromatic rings. The Kier molecular flexibility index (Phi) is 6.06. The highest BCUT2D eigenvalue weighted by atomic mass is 19.4. The Morgan fingerprint density at radius 2 is 1.95 bits per heavy atom. The molecule has 2 aliphatic rings. The molecule has 1 saturated carbocycles. The number of alkyl halides is 3. The van der Waals surface area contributed by atoms with E-state index in [4.69, 9.17) is 0 Å². The van der Waals surface area contributed by atoms with Gasteiger partial charge in [0.05, 0.1) is 29.9 Å². The van der Waals surface area contributed by atoms with Crippen LogP contribution in [0, 0.1) is 11.3 Å². The number of piperazine rings is 1. The predicted molar refractivity (Wildman–Crippen MR) is 133 cm³/mol. The summed E-state index contributed by atoms with van der Waals surface area (Å²) in [6, 6.07) is 7.81. The van der Waals surface area contributed by atoms with E-state index < -0.39 is 23.3 Å². The van der Waals surface area contributed by atoms with Gasteiger partial charge in [-0.15, -0.1) is 0 Å². The van der Waals surface area contributed by atoms with E-state index in [1.54, 1.807) is 11.1 Å². The summed E-state index contributed by atoms with van der Waals surface area (Å²) in [5.41, 5.74) is 0.644. The Hall–Kier alpha value is -4.31. The number of aromatic nitrogens is 6. The summed E-state index contributed by atoms with van der Waals surface area (Å²) in [6.07, 6.45) is 4.17. The number of nitrogens with one attached hydrogen (secondary N) is 1. The van der Waals surface area contributed by atoms with Gasteiger partial charge in [0, 0.05) is 55.6 Å². The molecule has 0 spiro atoms. The van der Waals surface area contributed by atoms with Gasteiger partial charge in [0.2, 0.25) is 0 Å². The van der Waals surface area contributed by atoms with Crippen LogP contribution in [0.3, 0.4) is 0 Å². The summed E-state index contributed by atoms with van der Waals surface area (Å²) in [7, 11) is 0. The van der Waals surface area contributed by atoms with Gasteiger partial charge in [0.15, 0.2) is 0 Å². The topological polar surface area (TPSA) is 120 Å². The van der Waals surface area contributed by atoms with Crippen LogP contribution >= 0.6 is 0 Å². The van der Waals surface area contributed by atoms with Crippen LogP contribution in [0.4, 0.5) is 13.2 Å². The number of nitrogens with zero attached hydrogens (tertiary/aromatic N) is 8. The van der Waals surface area contributed by atoms with Crippen molar-refractivity contribution in [3.63, 3.8) is 0 Å². The van der Waals surface area contributed by atoms with Crippen molar-refractivity contribution in [2.24, 2.45) is 0 Å². The van der Waals surface area contributed by atoms with Gasteiger partial charge in [0.1, 0.15) is 23.4 Å². The van der Waals surface area contributed by atoms with Gasteiger partial charge in [-0.25, -0.2) is 15.0 Å². The lowest BCUT2D eigenvalue weighted by Crippen LogP contribution is -2.60. The number of amides is 1. The smallest absolute Gasteiger partial charge is 0.346 e. The predicted octanol–water partition coefficient (Wildman–Crippen LogP) is 3.46. The minimum Gasteiger partial charge on any atom is -0.346 e. The van der Waals surface area contributed by atoms with E-state index in [2.05, 4.69) is 36.0 Å². The first kappa shape index (κ1) is 25.0. The van der Waals surface area contributed by atoms with E-state index in [0.717, 1.165) is 41.2 Å². The Morgan fingerprint density at radius 1 is 1.15 bits per heavy atom. The van der Waals surface area contributed by atoms with Crippen LogP contribution in [-0.2, 0) is 11.7 Å². The van der Waals surface area contributed by atoms with Crippen LogP contribution in [0.1, 0.15) is 35.4 Å². The monoisotopic (exact) mass is 535 g/mol. The fourth-order valence-corrected chi connectivity index (χ4v) is 5.61. The average molecular weight is 536 g/mol. The molecule has 0 bridgehead atoms. The lowest BCUT2D eigenvalue weighted by molar-refractivity contribution is -0.141. The Morgan fingerprint density at radius 3 is 2.69 bits per heavy atom. The summed E-state index contributed by atoms with van der Waals surface area (Å²) < 4.78 is 40.9. The first-order chi connectivity index (χ1) is 18.8. The molecule has 13 heteroatoms. The molecule has 0 aromatic carbocycles. The normalized spacial score (nSPS) is 22.0. The van der Waals surface area contributed by atoms with Crippen molar-refractivity contribution in [1.82, 2.24) is 39.5 Å². The number of nitriles is 1. The molecular formula is C26H24F3N9O. The number of hydrogen-bond donors (Lipinski definition) is 1. The third-order valence-electron chi connectivity index (χ3n) is 7.71. The van der Waals surface area contributed by atoms with E-state index >= 15 is 0 Å². The maximum atomic E-state index is 13.0. The number of pyridine rings is 1. The SMILES string of the molecule is N#CC[C@]1(n2cc(-c3ncnc4[nH]ccc34)cn2)C[C@H](N2CCN(C(=O)c3cccc(C(F)(F)F)n3)CC2)C1. The van der Waals surface area contributed by atoms with Crippen LogP contribution in [0.5, 0.6) is 0 Å². The van der Waals surface area contributed by atoms with Crippen molar-refractivity contribution in [3.8, 4) is 17.3 Å². The highest BCUT2D eigenvalue weighted by Crippen LogP contribution is 2.45. The molecule has 1 saturated heterocycles. The summed E-state index contributed by atoms with van der Waals surface area (Å²) >= 11 is 0. The quantitative estimate of drug-likeness (QED) is 0.416. The first-order valence-electron chi connectivity index (χ1n) is 12.6. The van der Waals surface area contributed by atoms with E-state index in [1.165, 1.54) is 18.5 Å². The largest absolute Gasteiger partial charge is 0.433 e. The maximum Gasteiger partial charge on any atom is 0.433 e. The fourth-order valence-electron chi connectivity index (χ4n) is 5.61. The molecular weight excluding hydrogens is 511 g/mol. The molecule has 0 unspecified atom stereocenters. The van der Waals surface area contributed by atoms with Gasteiger partial charge in [-0.2, -0.15) is 23.5 Å². The number of rotatable bonds is 5. The second-order valence-electron chi connectivity index (χ2n) is 9.99. The van der Waals surface area contributed by atoms with Gasteiger partial charge in [-0.1, -0.05) is 6.07 Å². The van der Waals surface area contributed by atoms with E-state index in [1.807, 2.05) is 23.1 Å². The van der Waals surface area contributed by atoms with Gasteiger partial charge < -0.3 is 9.88 Å². The molecule has 39 heavy (non-hydrogen) atoms. The number of carbonyl (C=O) groups excluding carboxylic acids is 1. The maximum absolute atomic E-state index is 13.0. The molecule has 6 rings (SSSR count). The highest BCUT2D eigenvalue weighted by molar-refractivity contribution is 5.92. The van der Waals surface area contributed by atoms with Crippen molar-refractivity contribution in [3.05, 3.63) is 60.6 Å². The van der Waals surface area contributed by atoms with Gasteiger partial charge >= 0.3 is 6.18 Å². The molecule has 200 valence electrons.